The van der Waals surface area contributed by atoms with E-state index in [1.165, 1.54) is 0 Å². The Morgan fingerprint density at radius 1 is 1.37 bits per heavy atom. The lowest BCUT2D eigenvalue weighted by atomic mass is 10.2. The maximum atomic E-state index is 4.00. The van der Waals surface area contributed by atoms with Crippen LogP contribution < -0.4 is 5.32 Å². The number of tetrazole rings is 1. The van der Waals surface area contributed by atoms with Crippen molar-refractivity contribution < 1.29 is 0 Å². The highest BCUT2D eigenvalue weighted by Crippen LogP contribution is 2.19. The normalized spacial score (nSPS) is 10.6. The second-order valence-electron chi connectivity index (χ2n) is 4.14. The van der Waals surface area contributed by atoms with Crippen LogP contribution in [0.1, 0.15) is 5.69 Å². The van der Waals surface area contributed by atoms with Crippen LogP contribution in [0.3, 0.4) is 0 Å². The molecule has 0 spiro atoms. The summed E-state index contributed by atoms with van der Waals surface area (Å²) in [5.41, 5.74) is 3.02. The van der Waals surface area contributed by atoms with Gasteiger partial charge in [-0.1, -0.05) is 12.1 Å². The highest BCUT2D eigenvalue weighted by atomic mass is 15.5. The number of benzene rings is 1. The molecule has 0 saturated carbocycles. The van der Waals surface area contributed by atoms with Crippen molar-refractivity contribution in [1.29, 1.82) is 0 Å². The van der Waals surface area contributed by atoms with Crippen LogP contribution in [0.15, 0.2) is 36.8 Å². The number of hydrogen-bond donors (Lipinski definition) is 2. The molecule has 2 N–H and O–H groups in total. The minimum absolute atomic E-state index is 0.695. The minimum atomic E-state index is 0.695. The van der Waals surface area contributed by atoms with Gasteiger partial charge in [0.05, 0.1) is 18.6 Å². The molecule has 7 heteroatoms. The molecule has 0 fully saturated rings. The number of nitrogens with one attached hydrogen (secondary N) is 2. The SMILES string of the molecule is Cn1nnnc1-c1cccc(NCc2cnc[nH]2)c1. The summed E-state index contributed by atoms with van der Waals surface area (Å²) in [5.74, 6) is 0.741. The van der Waals surface area contributed by atoms with E-state index in [0.717, 1.165) is 22.8 Å². The smallest absolute Gasteiger partial charge is 0.181 e. The number of aromatic amines is 1. The first-order valence-corrected chi connectivity index (χ1v) is 5.87. The molecule has 2 aromatic heterocycles. The van der Waals surface area contributed by atoms with Crippen LogP contribution in [0.5, 0.6) is 0 Å². The summed E-state index contributed by atoms with van der Waals surface area (Å²) in [6.45, 7) is 0.695. The second kappa shape index (κ2) is 4.89. The minimum Gasteiger partial charge on any atom is -0.379 e. The fourth-order valence-electron chi connectivity index (χ4n) is 1.82. The van der Waals surface area contributed by atoms with Gasteiger partial charge in [-0.05, 0) is 22.6 Å². The molecule has 0 radical (unpaired) electrons. The van der Waals surface area contributed by atoms with E-state index in [4.69, 9.17) is 0 Å². The maximum absolute atomic E-state index is 4.00. The number of hydrogen-bond acceptors (Lipinski definition) is 5. The largest absolute Gasteiger partial charge is 0.379 e. The van der Waals surface area contributed by atoms with Crippen molar-refractivity contribution in [3.05, 3.63) is 42.5 Å². The predicted molar refractivity (Wildman–Crippen MR) is 70.1 cm³/mol. The van der Waals surface area contributed by atoms with Crippen LogP contribution in [0.4, 0.5) is 5.69 Å². The zero-order valence-corrected chi connectivity index (χ0v) is 10.4. The summed E-state index contributed by atoms with van der Waals surface area (Å²) in [6, 6.07) is 7.97. The third kappa shape index (κ3) is 2.44. The Balaban J connectivity index is 1.78. The Morgan fingerprint density at radius 2 is 2.32 bits per heavy atom. The average Bonchev–Trinajstić information content (AvgIpc) is 3.08. The second-order valence-corrected chi connectivity index (χ2v) is 4.14. The predicted octanol–water partition coefficient (Wildman–Crippen LogP) is 1.21. The Labute approximate surface area is 109 Å². The van der Waals surface area contributed by atoms with Gasteiger partial charge >= 0.3 is 0 Å². The van der Waals surface area contributed by atoms with E-state index in [0.29, 0.717) is 6.54 Å². The summed E-state index contributed by atoms with van der Waals surface area (Å²) in [5, 5.41) is 14.8. The number of imidazole rings is 1. The molecule has 0 aliphatic rings. The van der Waals surface area contributed by atoms with Crippen LogP contribution in [-0.4, -0.2) is 30.2 Å². The molecule has 0 saturated heterocycles. The average molecular weight is 255 g/mol. The van der Waals surface area contributed by atoms with Crippen molar-refractivity contribution in [1.82, 2.24) is 30.2 Å². The summed E-state index contributed by atoms with van der Waals surface area (Å²) in [6.07, 6.45) is 3.46. The molecule has 0 bridgehead atoms. The van der Waals surface area contributed by atoms with Crippen molar-refractivity contribution in [2.45, 2.75) is 6.54 Å². The van der Waals surface area contributed by atoms with Gasteiger partial charge in [-0.2, -0.15) is 0 Å². The summed E-state index contributed by atoms with van der Waals surface area (Å²) >= 11 is 0. The van der Waals surface area contributed by atoms with Gasteiger partial charge in [0.2, 0.25) is 0 Å². The number of anilines is 1. The van der Waals surface area contributed by atoms with Crippen molar-refractivity contribution in [3.63, 3.8) is 0 Å². The van der Waals surface area contributed by atoms with Crippen LogP contribution in [-0.2, 0) is 13.6 Å². The third-order valence-corrected chi connectivity index (χ3v) is 2.78. The van der Waals surface area contributed by atoms with E-state index in [2.05, 4.69) is 30.8 Å². The Hall–Kier alpha value is -2.70. The van der Waals surface area contributed by atoms with Gasteiger partial charge in [-0.25, -0.2) is 9.67 Å². The van der Waals surface area contributed by atoms with Gasteiger partial charge in [0.25, 0.3) is 0 Å². The van der Waals surface area contributed by atoms with Gasteiger partial charge in [-0.3, -0.25) is 0 Å². The van der Waals surface area contributed by atoms with E-state index in [-0.39, 0.29) is 0 Å². The van der Waals surface area contributed by atoms with Crippen LogP contribution in [0.25, 0.3) is 11.4 Å². The van der Waals surface area contributed by atoms with Gasteiger partial charge in [0.15, 0.2) is 5.82 Å². The molecule has 0 atom stereocenters. The third-order valence-electron chi connectivity index (χ3n) is 2.78. The fraction of sp³-hybridized carbons (Fsp3) is 0.167. The lowest BCUT2D eigenvalue weighted by molar-refractivity contribution is 0.714. The lowest BCUT2D eigenvalue weighted by Gasteiger charge is -2.06. The van der Waals surface area contributed by atoms with Gasteiger partial charge in [-0.15, -0.1) is 5.10 Å². The molecule has 0 aliphatic heterocycles. The molecule has 96 valence electrons. The van der Waals surface area contributed by atoms with E-state index in [9.17, 15) is 0 Å². The summed E-state index contributed by atoms with van der Waals surface area (Å²) in [7, 11) is 1.82. The topological polar surface area (TPSA) is 84.3 Å². The molecule has 3 aromatic rings. The van der Waals surface area contributed by atoms with Gasteiger partial charge < -0.3 is 10.3 Å². The monoisotopic (exact) mass is 255 g/mol. The van der Waals surface area contributed by atoms with Crippen molar-refractivity contribution >= 4 is 5.69 Å². The Bertz CT molecular complexity index is 656. The van der Waals surface area contributed by atoms with Crippen LogP contribution >= 0.6 is 0 Å². The highest BCUT2D eigenvalue weighted by Gasteiger charge is 2.06. The molecule has 19 heavy (non-hydrogen) atoms. The van der Waals surface area contributed by atoms with Crippen LogP contribution in [0, 0.1) is 0 Å². The number of aromatic nitrogens is 6. The number of H-pyrrole nitrogens is 1. The summed E-state index contributed by atoms with van der Waals surface area (Å²) in [4.78, 5) is 7.03. The molecule has 7 nitrogen and oxygen atoms in total. The molecule has 0 amide bonds. The van der Waals surface area contributed by atoms with Gasteiger partial charge in [0, 0.05) is 24.5 Å². The van der Waals surface area contributed by atoms with E-state index < -0.39 is 0 Å². The highest BCUT2D eigenvalue weighted by molar-refractivity contribution is 5.62. The van der Waals surface area contributed by atoms with Crippen molar-refractivity contribution in [2.75, 3.05) is 5.32 Å². The lowest BCUT2D eigenvalue weighted by Crippen LogP contribution is -2.00. The molecule has 1 aromatic carbocycles. The van der Waals surface area contributed by atoms with Gasteiger partial charge in [0.1, 0.15) is 0 Å². The van der Waals surface area contributed by atoms with Crippen LogP contribution in [0.2, 0.25) is 0 Å². The number of rotatable bonds is 4. The molecular weight excluding hydrogens is 242 g/mol. The van der Waals surface area contributed by atoms with Crippen molar-refractivity contribution in [2.24, 2.45) is 7.05 Å². The quantitative estimate of drug-likeness (QED) is 0.732. The molecule has 3 rings (SSSR count). The van der Waals surface area contributed by atoms with E-state index in [1.807, 2.05) is 31.3 Å². The Morgan fingerprint density at radius 3 is 3.05 bits per heavy atom. The van der Waals surface area contributed by atoms with E-state index in [1.54, 1.807) is 17.2 Å². The number of nitrogens with zero attached hydrogens (tertiary/aromatic N) is 5. The fourth-order valence-corrected chi connectivity index (χ4v) is 1.82. The first kappa shape index (κ1) is 11.4. The Kier molecular flexibility index (Phi) is 2.93. The van der Waals surface area contributed by atoms with Crippen molar-refractivity contribution in [3.8, 4) is 11.4 Å². The standard InChI is InChI=1S/C12H13N7/c1-19-12(16-17-18-19)9-3-2-4-10(5-9)14-7-11-6-13-8-15-11/h2-6,8,14H,7H2,1H3,(H,13,15). The molecule has 0 aliphatic carbocycles. The first-order valence-electron chi connectivity index (χ1n) is 5.87. The van der Waals surface area contributed by atoms with E-state index >= 15 is 0 Å². The number of aryl methyl sites for hydroxylation is 1. The zero-order chi connectivity index (χ0) is 13.1. The molecule has 2 heterocycles. The summed E-state index contributed by atoms with van der Waals surface area (Å²) < 4.78 is 1.65. The zero-order valence-electron chi connectivity index (χ0n) is 10.4. The maximum Gasteiger partial charge on any atom is 0.181 e. The first-order chi connectivity index (χ1) is 9.33. The molecule has 0 unspecified atom stereocenters. The molecular formula is C12H13N7.